The van der Waals surface area contributed by atoms with Gasteiger partial charge in [-0.15, -0.1) is 0 Å². The molecule has 0 fully saturated rings. The van der Waals surface area contributed by atoms with E-state index in [1.807, 2.05) is 20.8 Å². The standard InChI is InChI=1S/C15H16F2N2OS/c1-15(2,3)20-14-11(18)6-7-13(19-14)21-12-8-9(16)4-5-10(12)17/h4-8H,18H2,1-3H3. The summed E-state index contributed by atoms with van der Waals surface area (Å²) in [5, 5.41) is 0.480. The van der Waals surface area contributed by atoms with E-state index in [9.17, 15) is 8.78 Å². The fraction of sp³-hybridized carbons (Fsp3) is 0.267. The van der Waals surface area contributed by atoms with E-state index in [0.29, 0.717) is 10.7 Å². The molecule has 0 radical (unpaired) electrons. The maximum absolute atomic E-state index is 13.6. The van der Waals surface area contributed by atoms with Crippen LogP contribution in [0.4, 0.5) is 14.5 Å². The molecule has 1 heterocycles. The minimum atomic E-state index is -0.502. The molecule has 0 saturated heterocycles. The summed E-state index contributed by atoms with van der Waals surface area (Å²) < 4.78 is 32.5. The van der Waals surface area contributed by atoms with Gasteiger partial charge >= 0.3 is 0 Å². The van der Waals surface area contributed by atoms with Gasteiger partial charge < -0.3 is 10.5 Å². The Morgan fingerprint density at radius 3 is 2.52 bits per heavy atom. The zero-order chi connectivity index (χ0) is 15.6. The number of anilines is 1. The molecule has 0 spiro atoms. The third-order valence-electron chi connectivity index (χ3n) is 2.37. The minimum Gasteiger partial charge on any atom is -0.470 e. The molecular formula is C15H16F2N2OS. The Balaban J connectivity index is 2.29. The van der Waals surface area contributed by atoms with Gasteiger partial charge in [-0.1, -0.05) is 11.8 Å². The number of hydrogen-bond acceptors (Lipinski definition) is 4. The van der Waals surface area contributed by atoms with Gasteiger partial charge in [0.2, 0.25) is 5.88 Å². The predicted molar refractivity (Wildman–Crippen MR) is 79.5 cm³/mol. The van der Waals surface area contributed by atoms with E-state index in [0.717, 1.165) is 30.0 Å². The number of rotatable bonds is 3. The predicted octanol–water partition coefficient (Wildman–Crippen LogP) is 4.27. The molecule has 0 unspecified atom stereocenters. The number of aromatic nitrogens is 1. The van der Waals surface area contributed by atoms with Gasteiger partial charge in [0.05, 0.1) is 10.6 Å². The SMILES string of the molecule is CC(C)(C)Oc1nc(Sc2cc(F)ccc2F)ccc1N. The Kier molecular flexibility index (Phi) is 4.37. The van der Waals surface area contributed by atoms with Crippen molar-refractivity contribution < 1.29 is 13.5 Å². The van der Waals surface area contributed by atoms with E-state index in [1.165, 1.54) is 0 Å². The summed E-state index contributed by atoms with van der Waals surface area (Å²) in [5.41, 5.74) is 5.76. The molecule has 0 saturated carbocycles. The molecule has 0 aliphatic carbocycles. The van der Waals surface area contributed by atoms with Crippen LogP contribution in [-0.2, 0) is 0 Å². The van der Waals surface area contributed by atoms with Crippen molar-refractivity contribution in [2.45, 2.75) is 36.3 Å². The topological polar surface area (TPSA) is 48.1 Å². The maximum atomic E-state index is 13.6. The maximum Gasteiger partial charge on any atom is 0.238 e. The zero-order valence-electron chi connectivity index (χ0n) is 12.0. The lowest BCUT2D eigenvalue weighted by atomic mass is 10.2. The largest absolute Gasteiger partial charge is 0.470 e. The first kappa shape index (κ1) is 15.6. The molecular weight excluding hydrogens is 294 g/mol. The Morgan fingerprint density at radius 2 is 1.86 bits per heavy atom. The van der Waals surface area contributed by atoms with Crippen LogP contribution in [-0.4, -0.2) is 10.6 Å². The monoisotopic (exact) mass is 310 g/mol. The quantitative estimate of drug-likeness (QED) is 0.919. The van der Waals surface area contributed by atoms with Crippen molar-refractivity contribution in [3.63, 3.8) is 0 Å². The van der Waals surface area contributed by atoms with Gasteiger partial charge in [0, 0.05) is 0 Å². The molecule has 2 rings (SSSR count). The lowest BCUT2D eigenvalue weighted by Gasteiger charge is -2.21. The number of hydrogen-bond donors (Lipinski definition) is 1. The van der Waals surface area contributed by atoms with Gasteiger partial charge in [-0.3, -0.25) is 0 Å². The molecule has 0 aliphatic heterocycles. The fourth-order valence-electron chi connectivity index (χ4n) is 1.53. The van der Waals surface area contributed by atoms with Crippen molar-refractivity contribution >= 4 is 17.4 Å². The molecule has 3 nitrogen and oxygen atoms in total. The zero-order valence-corrected chi connectivity index (χ0v) is 12.8. The normalized spacial score (nSPS) is 11.5. The summed E-state index contributed by atoms with van der Waals surface area (Å²) in [6.45, 7) is 5.63. The Bertz CT molecular complexity index is 657. The molecule has 0 atom stereocenters. The van der Waals surface area contributed by atoms with Gasteiger partial charge in [-0.25, -0.2) is 13.8 Å². The first-order valence-electron chi connectivity index (χ1n) is 6.33. The molecule has 1 aromatic carbocycles. The lowest BCUT2D eigenvalue weighted by Crippen LogP contribution is -2.24. The number of nitrogens with zero attached hydrogens (tertiary/aromatic N) is 1. The van der Waals surface area contributed by atoms with Crippen molar-refractivity contribution in [2.24, 2.45) is 0 Å². The Labute approximate surface area is 126 Å². The van der Waals surface area contributed by atoms with Crippen LogP contribution in [0, 0.1) is 11.6 Å². The van der Waals surface area contributed by atoms with Crippen LogP contribution in [0.1, 0.15) is 20.8 Å². The van der Waals surface area contributed by atoms with Crippen molar-refractivity contribution in [3.8, 4) is 5.88 Å². The van der Waals surface area contributed by atoms with Crippen LogP contribution in [0.25, 0.3) is 0 Å². The summed E-state index contributed by atoms with van der Waals surface area (Å²) >= 11 is 1.02. The summed E-state index contributed by atoms with van der Waals surface area (Å²) in [6.07, 6.45) is 0. The molecule has 0 amide bonds. The van der Waals surface area contributed by atoms with E-state index in [-0.39, 0.29) is 10.8 Å². The van der Waals surface area contributed by atoms with Crippen LogP contribution in [0.5, 0.6) is 5.88 Å². The van der Waals surface area contributed by atoms with Gasteiger partial charge in [0.1, 0.15) is 22.3 Å². The van der Waals surface area contributed by atoms with Gasteiger partial charge in [-0.05, 0) is 51.1 Å². The van der Waals surface area contributed by atoms with Crippen molar-refractivity contribution in [1.29, 1.82) is 0 Å². The van der Waals surface area contributed by atoms with Crippen molar-refractivity contribution in [1.82, 2.24) is 4.98 Å². The summed E-state index contributed by atoms with van der Waals surface area (Å²) in [7, 11) is 0. The number of halogens is 2. The molecule has 0 bridgehead atoms. The second-order valence-electron chi connectivity index (χ2n) is 5.44. The molecule has 2 N–H and O–H groups in total. The number of benzene rings is 1. The number of pyridine rings is 1. The molecule has 2 aromatic rings. The number of nitrogen functional groups attached to an aromatic ring is 1. The van der Waals surface area contributed by atoms with Crippen LogP contribution >= 0.6 is 11.8 Å². The van der Waals surface area contributed by atoms with Gasteiger partial charge in [0.25, 0.3) is 0 Å². The third kappa shape index (κ3) is 4.32. The Hall–Kier alpha value is -1.82. The van der Waals surface area contributed by atoms with Crippen molar-refractivity contribution in [3.05, 3.63) is 42.0 Å². The summed E-state index contributed by atoms with van der Waals surface area (Å²) in [6, 6.07) is 6.56. The van der Waals surface area contributed by atoms with Crippen molar-refractivity contribution in [2.75, 3.05) is 5.73 Å². The average molecular weight is 310 g/mol. The van der Waals surface area contributed by atoms with Crippen LogP contribution in [0.3, 0.4) is 0 Å². The first-order chi connectivity index (χ1) is 9.74. The second kappa shape index (κ2) is 5.89. The summed E-state index contributed by atoms with van der Waals surface area (Å²) in [5.74, 6) is -0.719. The Morgan fingerprint density at radius 1 is 1.14 bits per heavy atom. The van der Waals surface area contributed by atoms with Gasteiger partial charge in [0.15, 0.2) is 0 Å². The van der Waals surface area contributed by atoms with E-state index in [1.54, 1.807) is 12.1 Å². The second-order valence-corrected chi connectivity index (χ2v) is 6.50. The van der Waals surface area contributed by atoms with Gasteiger partial charge in [-0.2, -0.15) is 0 Å². The average Bonchev–Trinajstić information content (AvgIpc) is 2.36. The molecule has 6 heteroatoms. The first-order valence-corrected chi connectivity index (χ1v) is 7.15. The van der Waals surface area contributed by atoms with Crippen LogP contribution in [0.15, 0.2) is 40.3 Å². The molecule has 112 valence electrons. The highest BCUT2D eigenvalue weighted by atomic mass is 32.2. The highest BCUT2D eigenvalue weighted by Gasteiger charge is 2.16. The van der Waals surface area contributed by atoms with Crippen LogP contribution < -0.4 is 10.5 Å². The molecule has 1 aromatic heterocycles. The summed E-state index contributed by atoms with van der Waals surface area (Å²) in [4.78, 5) is 4.41. The number of nitrogens with two attached hydrogens (primary N) is 1. The molecule has 21 heavy (non-hydrogen) atoms. The van der Waals surface area contributed by atoms with E-state index >= 15 is 0 Å². The highest BCUT2D eigenvalue weighted by molar-refractivity contribution is 7.99. The number of ether oxygens (including phenoxy) is 1. The smallest absolute Gasteiger partial charge is 0.238 e. The van der Waals surface area contributed by atoms with Crippen LogP contribution in [0.2, 0.25) is 0 Å². The van der Waals surface area contributed by atoms with E-state index < -0.39 is 17.2 Å². The third-order valence-corrected chi connectivity index (χ3v) is 3.34. The van der Waals surface area contributed by atoms with E-state index in [4.69, 9.17) is 10.5 Å². The highest BCUT2D eigenvalue weighted by Crippen LogP contribution is 2.32. The minimum absolute atomic E-state index is 0.161. The van der Waals surface area contributed by atoms with E-state index in [2.05, 4.69) is 4.98 Å². The lowest BCUT2D eigenvalue weighted by molar-refractivity contribution is 0.124. The molecule has 0 aliphatic rings. The fourth-order valence-corrected chi connectivity index (χ4v) is 2.36.